The molecule has 3 atom stereocenters. The summed E-state index contributed by atoms with van der Waals surface area (Å²) in [6.07, 6.45) is 4.84. The molecule has 4 heteroatoms. The van der Waals surface area contributed by atoms with Crippen molar-refractivity contribution in [1.29, 1.82) is 0 Å². The lowest BCUT2D eigenvalue weighted by Gasteiger charge is -2.32. The lowest BCUT2D eigenvalue weighted by molar-refractivity contribution is -0.0758. The Morgan fingerprint density at radius 1 is 1.11 bits per heavy atom. The van der Waals surface area contributed by atoms with Crippen LogP contribution in [-0.4, -0.2) is 50.9 Å². The monoisotopic (exact) mass is 260 g/mol. The zero-order valence-corrected chi connectivity index (χ0v) is 11.8. The van der Waals surface area contributed by atoms with Crippen molar-refractivity contribution in [3.05, 3.63) is 0 Å². The first-order valence-corrected chi connectivity index (χ1v) is 7.14. The van der Waals surface area contributed by atoms with Gasteiger partial charge in [0.1, 0.15) is 0 Å². The second-order valence-electron chi connectivity index (χ2n) is 5.02. The predicted molar refractivity (Wildman–Crippen MR) is 70.7 cm³/mol. The fraction of sp³-hybridized carbons (Fsp3) is 1.00. The third kappa shape index (κ3) is 6.14. The average Bonchev–Trinajstić information content (AvgIpc) is 2.39. The quantitative estimate of drug-likeness (QED) is 0.644. The molecule has 1 aliphatic carbocycles. The van der Waals surface area contributed by atoms with E-state index in [4.69, 9.17) is 14.2 Å². The number of ether oxygens (including phenoxy) is 3. The van der Waals surface area contributed by atoms with Crippen molar-refractivity contribution in [2.24, 2.45) is 5.92 Å². The summed E-state index contributed by atoms with van der Waals surface area (Å²) in [6, 6.07) is 0. The Labute approximate surface area is 111 Å². The van der Waals surface area contributed by atoms with Crippen molar-refractivity contribution < 1.29 is 19.3 Å². The summed E-state index contributed by atoms with van der Waals surface area (Å²) in [5.74, 6) is 0.719. The molecular formula is C14H28O4. The van der Waals surface area contributed by atoms with E-state index in [-0.39, 0.29) is 12.2 Å². The van der Waals surface area contributed by atoms with E-state index in [1.165, 1.54) is 6.42 Å². The number of aliphatic hydroxyl groups is 1. The van der Waals surface area contributed by atoms with Crippen LogP contribution in [0.15, 0.2) is 0 Å². The molecule has 0 amide bonds. The van der Waals surface area contributed by atoms with Crippen LogP contribution in [0, 0.1) is 5.92 Å². The van der Waals surface area contributed by atoms with Crippen molar-refractivity contribution in [1.82, 2.24) is 0 Å². The average molecular weight is 260 g/mol. The minimum absolute atomic E-state index is 0.0303. The second-order valence-corrected chi connectivity index (χ2v) is 5.02. The van der Waals surface area contributed by atoms with Gasteiger partial charge in [-0.25, -0.2) is 0 Å². The van der Waals surface area contributed by atoms with Crippen LogP contribution in [0.25, 0.3) is 0 Å². The van der Waals surface area contributed by atoms with Gasteiger partial charge in [0.15, 0.2) is 0 Å². The van der Waals surface area contributed by atoms with Crippen molar-refractivity contribution >= 4 is 0 Å². The Morgan fingerprint density at radius 2 is 1.94 bits per heavy atom. The van der Waals surface area contributed by atoms with E-state index in [0.29, 0.717) is 26.4 Å². The molecule has 3 unspecified atom stereocenters. The van der Waals surface area contributed by atoms with Gasteiger partial charge in [0, 0.05) is 20.3 Å². The summed E-state index contributed by atoms with van der Waals surface area (Å²) in [7, 11) is 1.67. The van der Waals surface area contributed by atoms with E-state index >= 15 is 0 Å². The van der Waals surface area contributed by atoms with Crippen LogP contribution in [0.1, 0.15) is 39.0 Å². The largest absolute Gasteiger partial charge is 0.390 e. The standard InChI is InChI=1S/C14H28O4/c1-3-12-5-6-13(15)14(11-12)18-8-4-7-17-10-9-16-2/h12-15H,3-11H2,1-2H3. The maximum atomic E-state index is 9.88. The molecule has 0 aliphatic heterocycles. The molecule has 0 spiro atoms. The normalized spacial score (nSPS) is 28.5. The molecule has 0 aromatic rings. The van der Waals surface area contributed by atoms with E-state index in [1.807, 2.05) is 0 Å². The van der Waals surface area contributed by atoms with Gasteiger partial charge in [0.05, 0.1) is 25.4 Å². The molecule has 0 radical (unpaired) electrons. The zero-order valence-electron chi connectivity index (χ0n) is 11.8. The van der Waals surface area contributed by atoms with Crippen molar-refractivity contribution in [2.45, 2.75) is 51.2 Å². The van der Waals surface area contributed by atoms with E-state index in [9.17, 15) is 5.11 Å². The van der Waals surface area contributed by atoms with Gasteiger partial charge in [-0.15, -0.1) is 0 Å². The van der Waals surface area contributed by atoms with Gasteiger partial charge in [-0.2, -0.15) is 0 Å². The summed E-state index contributed by atoms with van der Waals surface area (Å²) >= 11 is 0. The zero-order chi connectivity index (χ0) is 13.2. The summed E-state index contributed by atoms with van der Waals surface area (Å²) in [4.78, 5) is 0. The van der Waals surface area contributed by atoms with Crippen LogP contribution in [0.4, 0.5) is 0 Å². The highest BCUT2D eigenvalue weighted by molar-refractivity contribution is 4.79. The molecular weight excluding hydrogens is 232 g/mol. The first kappa shape index (κ1) is 15.9. The molecule has 18 heavy (non-hydrogen) atoms. The summed E-state index contributed by atoms with van der Waals surface area (Å²) in [6.45, 7) is 4.86. The van der Waals surface area contributed by atoms with Gasteiger partial charge < -0.3 is 19.3 Å². The molecule has 1 N–H and O–H groups in total. The maximum Gasteiger partial charge on any atom is 0.0836 e. The van der Waals surface area contributed by atoms with Gasteiger partial charge in [0.25, 0.3) is 0 Å². The van der Waals surface area contributed by atoms with E-state index in [1.54, 1.807) is 7.11 Å². The molecule has 0 aromatic heterocycles. The minimum atomic E-state index is -0.276. The summed E-state index contributed by atoms with van der Waals surface area (Å²) in [5, 5.41) is 9.88. The summed E-state index contributed by atoms with van der Waals surface area (Å²) in [5.41, 5.74) is 0. The maximum absolute atomic E-state index is 9.88. The summed E-state index contributed by atoms with van der Waals surface area (Å²) < 4.78 is 16.0. The minimum Gasteiger partial charge on any atom is -0.390 e. The highest BCUT2D eigenvalue weighted by atomic mass is 16.5. The first-order chi connectivity index (χ1) is 8.77. The molecule has 1 rings (SSSR count). The van der Waals surface area contributed by atoms with E-state index < -0.39 is 0 Å². The Kier molecular flexibility index (Phi) is 8.59. The van der Waals surface area contributed by atoms with Crippen LogP contribution >= 0.6 is 0 Å². The number of methoxy groups -OCH3 is 1. The number of rotatable bonds is 9. The van der Waals surface area contributed by atoms with Crippen LogP contribution < -0.4 is 0 Å². The highest BCUT2D eigenvalue weighted by Gasteiger charge is 2.28. The van der Waals surface area contributed by atoms with E-state index in [0.717, 1.165) is 31.6 Å². The van der Waals surface area contributed by atoms with Crippen LogP contribution in [0.3, 0.4) is 0 Å². The number of hydrogen-bond donors (Lipinski definition) is 1. The Balaban J connectivity index is 2.03. The van der Waals surface area contributed by atoms with Crippen molar-refractivity contribution in [2.75, 3.05) is 33.5 Å². The third-order valence-corrected chi connectivity index (χ3v) is 3.64. The van der Waals surface area contributed by atoms with Crippen molar-refractivity contribution in [3.8, 4) is 0 Å². The Morgan fingerprint density at radius 3 is 2.67 bits per heavy atom. The van der Waals surface area contributed by atoms with Gasteiger partial charge in [0.2, 0.25) is 0 Å². The van der Waals surface area contributed by atoms with Crippen LogP contribution in [-0.2, 0) is 14.2 Å². The fourth-order valence-electron chi connectivity index (χ4n) is 2.39. The second kappa shape index (κ2) is 9.73. The SMILES string of the molecule is CCC1CCC(O)C(OCCCOCCOC)C1. The van der Waals surface area contributed by atoms with Gasteiger partial charge in [-0.1, -0.05) is 13.3 Å². The molecule has 0 bridgehead atoms. The Hall–Kier alpha value is -0.160. The fourth-order valence-corrected chi connectivity index (χ4v) is 2.39. The van der Waals surface area contributed by atoms with Crippen LogP contribution in [0.5, 0.6) is 0 Å². The molecule has 1 aliphatic rings. The molecule has 108 valence electrons. The Bertz CT molecular complexity index is 198. The smallest absolute Gasteiger partial charge is 0.0836 e. The van der Waals surface area contributed by atoms with Gasteiger partial charge in [-0.3, -0.25) is 0 Å². The molecule has 4 nitrogen and oxygen atoms in total. The van der Waals surface area contributed by atoms with Crippen molar-refractivity contribution in [3.63, 3.8) is 0 Å². The molecule has 1 saturated carbocycles. The highest BCUT2D eigenvalue weighted by Crippen LogP contribution is 2.28. The number of hydrogen-bond acceptors (Lipinski definition) is 4. The molecule has 1 fully saturated rings. The molecule has 0 aromatic carbocycles. The first-order valence-electron chi connectivity index (χ1n) is 7.14. The third-order valence-electron chi connectivity index (χ3n) is 3.64. The lowest BCUT2D eigenvalue weighted by atomic mass is 9.84. The van der Waals surface area contributed by atoms with Gasteiger partial charge in [-0.05, 0) is 31.6 Å². The lowest BCUT2D eigenvalue weighted by Crippen LogP contribution is -2.36. The number of aliphatic hydroxyl groups excluding tert-OH is 1. The van der Waals surface area contributed by atoms with Gasteiger partial charge >= 0.3 is 0 Å². The predicted octanol–water partition coefficient (Wildman–Crippen LogP) is 2.00. The molecule has 0 saturated heterocycles. The molecule has 0 heterocycles. The van der Waals surface area contributed by atoms with E-state index in [2.05, 4.69) is 6.92 Å². The topological polar surface area (TPSA) is 47.9 Å². The van der Waals surface area contributed by atoms with Crippen LogP contribution in [0.2, 0.25) is 0 Å².